The summed E-state index contributed by atoms with van der Waals surface area (Å²) in [4.78, 5) is 7.05. The second-order valence-corrected chi connectivity index (χ2v) is 7.86. The molecule has 0 saturated carbocycles. The predicted molar refractivity (Wildman–Crippen MR) is 135 cm³/mol. The van der Waals surface area contributed by atoms with Gasteiger partial charge in [0.2, 0.25) is 0 Å². The summed E-state index contributed by atoms with van der Waals surface area (Å²) in [5, 5.41) is 12.3. The number of benzene rings is 1. The first kappa shape index (κ1) is 24.6. The van der Waals surface area contributed by atoms with Gasteiger partial charge in [-0.25, -0.2) is 0 Å². The molecule has 30 heavy (non-hydrogen) atoms. The molecule has 2 heterocycles. The second kappa shape index (κ2) is 12.9. The summed E-state index contributed by atoms with van der Waals surface area (Å²) in [6, 6.07) is 8.87. The van der Waals surface area contributed by atoms with E-state index in [0.717, 1.165) is 63.6 Å². The number of aliphatic imine (C=N–C) groups is 1. The number of nitrogens with one attached hydrogen (secondary N) is 1. The Balaban J connectivity index is 0.00000320. The first-order chi connectivity index (χ1) is 14.2. The van der Waals surface area contributed by atoms with Crippen LogP contribution in [0.2, 0.25) is 0 Å². The van der Waals surface area contributed by atoms with E-state index < -0.39 is 0 Å². The average Bonchev–Trinajstić information content (AvgIpc) is 2.96. The second-order valence-electron chi connectivity index (χ2n) is 7.86. The summed E-state index contributed by atoms with van der Waals surface area (Å²) in [6.45, 7) is 7.90. The van der Waals surface area contributed by atoms with Crippen molar-refractivity contribution < 1.29 is 0 Å². The summed E-state index contributed by atoms with van der Waals surface area (Å²) in [5.41, 5.74) is 2.69. The number of halogens is 1. The van der Waals surface area contributed by atoms with Crippen molar-refractivity contribution in [3.63, 3.8) is 0 Å². The van der Waals surface area contributed by atoms with Gasteiger partial charge in [0.15, 0.2) is 5.96 Å². The number of aromatic nitrogens is 3. The Kier molecular flexibility index (Phi) is 10.6. The lowest BCUT2D eigenvalue weighted by Gasteiger charge is -2.22. The maximum absolute atomic E-state index is 4.85. The number of nitrogens with zero attached hydrogens (tertiary/aromatic N) is 5. The van der Waals surface area contributed by atoms with Crippen LogP contribution in [-0.4, -0.2) is 45.8 Å². The molecule has 0 unspecified atom stereocenters. The minimum Gasteiger partial charge on any atom is -0.357 e. The van der Waals surface area contributed by atoms with Crippen LogP contribution in [0.1, 0.15) is 62.3 Å². The van der Waals surface area contributed by atoms with E-state index in [1.807, 2.05) is 0 Å². The molecule has 7 heteroatoms. The highest BCUT2D eigenvalue weighted by molar-refractivity contribution is 14.0. The molecule has 0 spiro atoms. The van der Waals surface area contributed by atoms with Crippen molar-refractivity contribution >= 4 is 29.9 Å². The van der Waals surface area contributed by atoms with Crippen LogP contribution in [0.4, 0.5) is 0 Å². The van der Waals surface area contributed by atoms with E-state index >= 15 is 0 Å². The van der Waals surface area contributed by atoms with Crippen molar-refractivity contribution in [2.45, 2.75) is 71.9 Å². The fourth-order valence-corrected chi connectivity index (χ4v) is 3.85. The van der Waals surface area contributed by atoms with Crippen molar-refractivity contribution in [3.05, 3.63) is 47.0 Å². The number of guanidine groups is 1. The fraction of sp³-hybridized carbons (Fsp3) is 0.609. The molecular weight excluding hydrogens is 487 g/mol. The van der Waals surface area contributed by atoms with Gasteiger partial charge in [-0.3, -0.25) is 4.99 Å². The molecule has 3 rings (SSSR count). The van der Waals surface area contributed by atoms with Gasteiger partial charge in [0.1, 0.15) is 11.6 Å². The Labute approximate surface area is 198 Å². The van der Waals surface area contributed by atoms with Gasteiger partial charge in [-0.15, -0.1) is 34.2 Å². The molecular formula is C23H37IN6. The third kappa shape index (κ3) is 6.96. The Hall–Kier alpha value is -1.64. The number of hydrogen-bond acceptors (Lipinski definition) is 3. The monoisotopic (exact) mass is 524 g/mol. The lowest BCUT2D eigenvalue weighted by Crippen LogP contribution is -2.38. The minimum absolute atomic E-state index is 0. The summed E-state index contributed by atoms with van der Waals surface area (Å²) in [6.07, 6.45) is 7.86. The zero-order valence-corrected chi connectivity index (χ0v) is 21.1. The molecule has 0 amide bonds. The van der Waals surface area contributed by atoms with Crippen LogP contribution < -0.4 is 5.32 Å². The normalized spacial score (nSPS) is 13.9. The summed E-state index contributed by atoms with van der Waals surface area (Å²) in [7, 11) is 2.10. The summed E-state index contributed by atoms with van der Waals surface area (Å²) >= 11 is 0. The van der Waals surface area contributed by atoms with Gasteiger partial charge in [0, 0.05) is 46.1 Å². The van der Waals surface area contributed by atoms with E-state index in [4.69, 9.17) is 4.99 Å². The molecule has 0 saturated heterocycles. The average molecular weight is 524 g/mol. The molecule has 0 fully saturated rings. The molecule has 0 bridgehead atoms. The number of fused-ring (bicyclic) bond motifs is 1. The molecule has 6 nitrogen and oxygen atoms in total. The van der Waals surface area contributed by atoms with Crippen LogP contribution in [0.15, 0.2) is 29.3 Å². The number of rotatable bonds is 8. The molecule has 1 aromatic heterocycles. The maximum atomic E-state index is 4.85. The Morgan fingerprint density at radius 2 is 1.87 bits per heavy atom. The van der Waals surface area contributed by atoms with Crippen LogP contribution >= 0.6 is 24.0 Å². The molecule has 1 N–H and O–H groups in total. The smallest absolute Gasteiger partial charge is 0.193 e. The van der Waals surface area contributed by atoms with E-state index in [-0.39, 0.29) is 24.0 Å². The van der Waals surface area contributed by atoms with Crippen molar-refractivity contribution in [2.75, 3.05) is 20.1 Å². The molecule has 1 aliphatic heterocycles. The van der Waals surface area contributed by atoms with Gasteiger partial charge >= 0.3 is 0 Å². The summed E-state index contributed by atoms with van der Waals surface area (Å²) in [5.74, 6) is 3.27. The molecule has 0 aliphatic carbocycles. The third-order valence-electron chi connectivity index (χ3n) is 5.55. The van der Waals surface area contributed by atoms with Gasteiger partial charge in [-0.1, -0.05) is 37.6 Å². The molecule has 0 atom stereocenters. The van der Waals surface area contributed by atoms with Crippen LogP contribution in [0, 0.1) is 0 Å². The molecule has 0 radical (unpaired) electrons. The highest BCUT2D eigenvalue weighted by Crippen LogP contribution is 2.15. The van der Waals surface area contributed by atoms with E-state index in [1.165, 1.54) is 36.2 Å². The number of aryl methyl sites for hydroxylation is 3. The van der Waals surface area contributed by atoms with Crippen LogP contribution in [-0.2, 0) is 32.4 Å². The zero-order chi connectivity index (χ0) is 20.5. The van der Waals surface area contributed by atoms with Gasteiger partial charge in [0.05, 0.1) is 0 Å². The lowest BCUT2D eigenvalue weighted by molar-refractivity contribution is 0.476. The van der Waals surface area contributed by atoms with E-state index in [9.17, 15) is 0 Å². The van der Waals surface area contributed by atoms with Crippen molar-refractivity contribution in [1.82, 2.24) is 25.0 Å². The molecule has 2 aromatic rings. The first-order valence-electron chi connectivity index (χ1n) is 11.2. The van der Waals surface area contributed by atoms with Gasteiger partial charge in [-0.05, 0) is 43.7 Å². The largest absolute Gasteiger partial charge is 0.357 e. The standard InChI is InChI=1S/C23H36N6.HI/c1-4-19-12-14-20(15-13-19)18-28(3)23(24-5-2)25-16-9-11-22-27-26-21-10-7-6-8-17-29(21)22;/h12-15H,4-11,16-18H2,1-3H3,(H,24,25);1H. The first-order valence-corrected chi connectivity index (χ1v) is 11.2. The van der Waals surface area contributed by atoms with Gasteiger partial charge in [-0.2, -0.15) is 0 Å². The molecule has 166 valence electrons. The SMILES string of the molecule is CCNC(=NCCCc1nnc2n1CCCCC2)N(C)Cc1ccc(CC)cc1.I. The Bertz CT molecular complexity index is 783. The highest BCUT2D eigenvalue weighted by atomic mass is 127. The third-order valence-corrected chi connectivity index (χ3v) is 5.55. The van der Waals surface area contributed by atoms with E-state index in [2.05, 4.69) is 70.1 Å². The maximum Gasteiger partial charge on any atom is 0.193 e. The highest BCUT2D eigenvalue weighted by Gasteiger charge is 2.14. The molecule has 1 aliphatic rings. The molecule has 1 aromatic carbocycles. The van der Waals surface area contributed by atoms with Crippen molar-refractivity contribution in [1.29, 1.82) is 0 Å². The summed E-state index contributed by atoms with van der Waals surface area (Å²) < 4.78 is 2.34. The van der Waals surface area contributed by atoms with E-state index in [0.29, 0.717) is 0 Å². The topological polar surface area (TPSA) is 58.3 Å². The Morgan fingerprint density at radius 1 is 1.10 bits per heavy atom. The van der Waals surface area contributed by atoms with Crippen molar-refractivity contribution in [2.24, 2.45) is 4.99 Å². The number of hydrogen-bond donors (Lipinski definition) is 1. The van der Waals surface area contributed by atoms with Crippen LogP contribution in [0.5, 0.6) is 0 Å². The van der Waals surface area contributed by atoms with Crippen molar-refractivity contribution in [3.8, 4) is 0 Å². The van der Waals surface area contributed by atoms with Gasteiger partial charge in [0.25, 0.3) is 0 Å². The fourth-order valence-electron chi connectivity index (χ4n) is 3.85. The van der Waals surface area contributed by atoms with E-state index in [1.54, 1.807) is 0 Å². The minimum atomic E-state index is 0. The quantitative estimate of drug-likeness (QED) is 0.243. The predicted octanol–water partition coefficient (Wildman–Crippen LogP) is 4.22. The van der Waals surface area contributed by atoms with Crippen LogP contribution in [0.3, 0.4) is 0 Å². The lowest BCUT2D eigenvalue weighted by atomic mass is 10.1. The Morgan fingerprint density at radius 3 is 2.60 bits per heavy atom. The zero-order valence-electron chi connectivity index (χ0n) is 18.7. The van der Waals surface area contributed by atoms with Crippen LogP contribution in [0.25, 0.3) is 0 Å². The van der Waals surface area contributed by atoms with Gasteiger partial charge < -0.3 is 14.8 Å².